The number of nitrogens with zero attached hydrogens (tertiary/aromatic N) is 3. The number of ether oxygens (including phenoxy) is 3. The maximum absolute atomic E-state index is 13.6. The molecule has 204 valence electrons. The molecule has 2 atom stereocenters. The summed E-state index contributed by atoms with van der Waals surface area (Å²) >= 11 is 12.3. The minimum Gasteiger partial charge on any atom is -0.458 e. The van der Waals surface area contributed by atoms with Gasteiger partial charge in [0.2, 0.25) is 5.91 Å². The van der Waals surface area contributed by atoms with Gasteiger partial charge in [-0.05, 0) is 43.7 Å². The first-order valence-corrected chi connectivity index (χ1v) is 13.2. The van der Waals surface area contributed by atoms with Crippen molar-refractivity contribution in [1.29, 1.82) is 0 Å². The van der Waals surface area contributed by atoms with Crippen molar-refractivity contribution in [3.8, 4) is 5.75 Å². The van der Waals surface area contributed by atoms with E-state index in [4.69, 9.17) is 37.4 Å². The molecular weight excluding hydrogens is 543 g/mol. The molecule has 1 fully saturated rings. The van der Waals surface area contributed by atoms with E-state index >= 15 is 0 Å². The molecule has 11 heteroatoms. The van der Waals surface area contributed by atoms with Gasteiger partial charge in [-0.2, -0.15) is 5.10 Å². The molecule has 1 saturated heterocycles. The molecule has 3 heterocycles. The molecule has 5 rings (SSSR count). The maximum atomic E-state index is 13.6. The minimum absolute atomic E-state index is 0.110. The second kappa shape index (κ2) is 11.4. The molecule has 1 aromatic heterocycles. The van der Waals surface area contributed by atoms with E-state index in [-0.39, 0.29) is 30.9 Å². The van der Waals surface area contributed by atoms with Crippen LogP contribution in [0.1, 0.15) is 19.4 Å². The molecule has 3 aromatic rings. The summed E-state index contributed by atoms with van der Waals surface area (Å²) in [7, 11) is 0. The third-order valence-corrected chi connectivity index (χ3v) is 6.91. The van der Waals surface area contributed by atoms with Crippen molar-refractivity contribution < 1.29 is 23.8 Å². The van der Waals surface area contributed by atoms with Crippen LogP contribution in [0.15, 0.2) is 72.6 Å². The summed E-state index contributed by atoms with van der Waals surface area (Å²) in [5.74, 6) is -0.145. The fraction of sp³-hybridized carbons (Fsp3) is 0.321. The van der Waals surface area contributed by atoms with Crippen LogP contribution in [0.25, 0.3) is 0 Å². The molecule has 9 nitrogen and oxygen atoms in total. The van der Waals surface area contributed by atoms with Gasteiger partial charge in [-0.3, -0.25) is 14.3 Å². The van der Waals surface area contributed by atoms with Gasteiger partial charge in [0.05, 0.1) is 24.7 Å². The van der Waals surface area contributed by atoms with Gasteiger partial charge >= 0.3 is 0 Å². The molecule has 2 aliphatic heterocycles. The Balaban J connectivity index is 1.30. The lowest BCUT2D eigenvalue weighted by Crippen LogP contribution is -2.47. The van der Waals surface area contributed by atoms with Crippen molar-refractivity contribution in [2.24, 2.45) is 0 Å². The molecule has 2 aliphatic rings. The van der Waals surface area contributed by atoms with Gasteiger partial charge in [0.1, 0.15) is 23.7 Å². The normalized spacial score (nSPS) is 19.2. The Bertz CT molecular complexity index is 1390. The predicted octanol–water partition coefficient (Wildman–Crippen LogP) is 4.70. The van der Waals surface area contributed by atoms with Gasteiger partial charge in [0.25, 0.3) is 5.91 Å². The van der Waals surface area contributed by atoms with Gasteiger partial charge in [0, 0.05) is 29.8 Å². The Morgan fingerprint density at radius 3 is 2.67 bits per heavy atom. The molecule has 0 unspecified atom stereocenters. The average molecular weight is 571 g/mol. The van der Waals surface area contributed by atoms with Crippen molar-refractivity contribution in [3.63, 3.8) is 0 Å². The van der Waals surface area contributed by atoms with E-state index in [1.165, 1.54) is 11.0 Å². The third-order valence-electron chi connectivity index (χ3n) is 6.34. The van der Waals surface area contributed by atoms with Crippen LogP contribution in [-0.2, 0) is 32.0 Å². The van der Waals surface area contributed by atoms with E-state index in [1.807, 2.05) is 26.0 Å². The molecule has 39 heavy (non-hydrogen) atoms. The Kier molecular flexibility index (Phi) is 7.95. The topological polar surface area (TPSA) is 94.9 Å². The lowest BCUT2D eigenvalue weighted by atomic mass is 10.0. The van der Waals surface area contributed by atoms with Crippen LogP contribution < -0.4 is 10.1 Å². The fourth-order valence-corrected chi connectivity index (χ4v) is 4.80. The summed E-state index contributed by atoms with van der Waals surface area (Å²) in [5, 5.41) is 8.33. The van der Waals surface area contributed by atoms with Crippen molar-refractivity contribution >= 4 is 40.8 Å². The van der Waals surface area contributed by atoms with E-state index < -0.39 is 11.8 Å². The Morgan fingerprint density at radius 1 is 1.18 bits per heavy atom. The quantitative estimate of drug-likeness (QED) is 0.401. The molecule has 2 amide bonds. The van der Waals surface area contributed by atoms with Gasteiger partial charge < -0.3 is 24.4 Å². The molecule has 2 aromatic carbocycles. The number of carbonyl (C=O) groups is 2. The number of hydrogen-bond acceptors (Lipinski definition) is 6. The number of aromatic nitrogens is 2. The molecule has 0 bridgehead atoms. The summed E-state index contributed by atoms with van der Waals surface area (Å²) in [5.41, 5.74) is 0.847. The minimum atomic E-state index is -0.834. The second-order valence-corrected chi connectivity index (χ2v) is 10.7. The number of hydrogen-bond donors (Lipinski definition) is 1. The summed E-state index contributed by atoms with van der Waals surface area (Å²) in [6.07, 6.45) is 3.26. The van der Waals surface area contributed by atoms with Crippen molar-refractivity contribution in [2.75, 3.05) is 18.5 Å². The molecule has 0 radical (unpaired) electrons. The van der Waals surface area contributed by atoms with E-state index in [9.17, 15) is 9.59 Å². The number of nitrogens with one attached hydrogen (secondary N) is 1. The Labute approximate surface area is 236 Å². The molecule has 0 spiro atoms. The van der Waals surface area contributed by atoms with Gasteiger partial charge in [-0.1, -0.05) is 47.5 Å². The second-order valence-electron chi connectivity index (χ2n) is 9.82. The van der Waals surface area contributed by atoms with Crippen LogP contribution in [0.4, 0.5) is 5.82 Å². The zero-order valence-electron chi connectivity index (χ0n) is 21.5. The van der Waals surface area contributed by atoms with Gasteiger partial charge in [-0.15, -0.1) is 0 Å². The fourth-order valence-electron chi connectivity index (χ4n) is 4.50. The third kappa shape index (κ3) is 6.80. The summed E-state index contributed by atoms with van der Waals surface area (Å²) in [6, 6.07) is 15.0. The largest absolute Gasteiger partial charge is 0.458 e. The van der Waals surface area contributed by atoms with Crippen LogP contribution in [-0.4, -0.2) is 57.6 Å². The number of carbonyl (C=O) groups excluding carboxylic acids is 2. The summed E-state index contributed by atoms with van der Waals surface area (Å²) in [4.78, 5) is 28.1. The lowest BCUT2D eigenvalue weighted by molar-refractivity contribution is -0.139. The molecule has 1 N–H and O–H groups in total. The van der Waals surface area contributed by atoms with Crippen molar-refractivity contribution in [1.82, 2.24) is 14.7 Å². The first kappa shape index (κ1) is 27.2. The number of amides is 2. The van der Waals surface area contributed by atoms with E-state index in [1.54, 1.807) is 53.3 Å². The van der Waals surface area contributed by atoms with Gasteiger partial charge in [-0.25, -0.2) is 0 Å². The van der Waals surface area contributed by atoms with Crippen molar-refractivity contribution in [3.05, 3.63) is 88.2 Å². The summed E-state index contributed by atoms with van der Waals surface area (Å²) in [6.45, 7) is 4.77. The number of benzene rings is 2. The SMILES string of the molecule is CC1(C)OC[C@@H](Cn2ccc(NC(=O)[C@H](Cc3ccc(Cl)cc3)N3CC(Oc4ccccc4Cl)=CC3=O)n2)O1. The van der Waals surface area contributed by atoms with Crippen LogP contribution in [0.5, 0.6) is 5.75 Å². The maximum Gasteiger partial charge on any atom is 0.251 e. The number of halogens is 2. The highest BCUT2D eigenvalue weighted by Gasteiger charge is 2.35. The Hall–Kier alpha value is -3.37. The molecular formula is C28H28Cl2N4O5. The highest BCUT2D eigenvalue weighted by molar-refractivity contribution is 6.32. The zero-order chi connectivity index (χ0) is 27.6. The van der Waals surface area contributed by atoms with Crippen LogP contribution in [0.2, 0.25) is 10.0 Å². The standard InChI is InChI=1S/C28H28Cl2N4O5/c1-28(2)37-17-21(39-28)15-33-12-11-25(32-33)31-27(36)23(13-18-7-9-19(29)10-8-18)34-16-20(14-26(34)35)38-24-6-4-3-5-22(24)30/h3-12,14,21,23H,13,15-17H2,1-2H3,(H,31,32,36)/t21-,23+/m1/s1. The molecule has 0 saturated carbocycles. The van der Waals surface area contributed by atoms with E-state index in [2.05, 4.69) is 10.4 Å². The van der Waals surface area contributed by atoms with E-state index in [0.29, 0.717) is 40.5 Å². The van der Waals surface area contributed by atoms with E-state index in [0.717, 1.165) is 5.56 Å². The Morgan fingerprint density at radius 2 is 1.95 bits per heavy atom. The van der Waals surface area contributed by atoms with Crippen LogP contribution >= 0.6 is 23.2 Å². The highest BCUT2D eigenvalue weighted by atomic mass is 35.5. The number of para-hydroxylation sites is 1. The first-order valence-electron chi connectivity index (χ1n) is 12.5. The van der Waals surface area contributed by atoms with Crippen LogP contribution in [0.3, 0.4) is 0 Å². The first-order chi connectivity index (χ1) is 18.6. The summed E-state index contributed by atoms with van der Waals surface area (Å²) < 4.78 is 19.0. The lowest BCUT2D eigenvalue weighted by Gasteiger charge is -2.27. The number of anilines is 1. The highest BCUT2D eigenvalue weighted by Crippen LogP contribution is 2.28. The monoisotopic (exact) mass is 570 g/mol. The zero-order valence-corrected chi connectivity index (χ0v) is 23.0. The predicted molar refractivity (Wildman–Crippen MR) is 147 cm³/mol. The smallest absolute Gasteiger partial charge is 0.251 e. The van der Waals surface area contributed by atoms with Crippen molar-refractivity contribution in [2.45, 2.75) is 44.7 Å². The van der Waals surface area contributed by atoms with Crippen LogP contribution in [0, 0.1) is 0 Å². The molecule has 0 aliphatic carbocycles. The average Bonchev–Trinajstić information content (AvgIpc) is 3.58. The van der Waals surface area contributed by atoms with Gasteiger partial charge in [0.15, 0.2) is 11.6 Å². The number of rotatable bonds is 9.